The van der Waals surface area contributed by atoms with Crippen molar-refractivity contribution in [1.29, 1.82) is 0 Å². The van der Waals surface area contributed by atoms with Crippen LogP contribution >= 0.6 is 11.6 Å². The van der Waals surface area contributed by atoms with Crippen LogP contribution in [0, 0.1) is 11.8 Å². The first-order valence-electron chi connectivity index (χ1n) is 10.6. The zero-order valence-electron chi connectivity index (χ0n) is 17.6. The lowest BCUT2D eigenvalue weighted by molar-refractivity contribution is -0.192. The molecule has 0 radical (unpaired) electrons. The van der Waals surface area contributed by atoms with E-state index in [1.807, 2.05) is 22.8 Å². The Morgan fingerprint density at radius 2 is 1.85 bits per heavy atom. The maximum absolute atomic E-state index is 12.4. The maximum atomic E-state index is 12.4. The van der Waals surface area contributed by atoms with E-state index in [0.717, 1.165) is 56.3 Å². The van der Waals surface area contributed by atoms with Crippen LogP contribution < -0.4 is 5.32 Å². The van der Waals surface area contributed by atoms with Crippen molar-refractivity contribution in [2.24, 2.45) is 11.8 Å². The molecule has 1 saturated carbocycles. The fraction of sp³-hybridized carbons (Fsp3) is 0.524. The third kappa shape index (κ3) is 5.83. The van der Waals surface area contributed by atoms with Crippen LogP contribution in [0.3, 0.4) is 0 Å². The van der Waals surface area contributed by atoms with Crippen molar-refractivity contribution in [3.8, 4) is 0 Å². The van der Waals surface area contributed by atoms with Crippen molar-refractivity contribution < 1.29 is 27.9 Å². The summed E-state index contributed by atoms with van der Waals surface area (Å²) < 4.78 is 33.8. The molecule has 2 atom stereocenters. The summed E-state index contributed by atoms with van der Waals surface area (Å²) in [5, 5.41) is 19.4. The first-order chi connectivity index (χ1) is 15.6. The van der Waals surface area contributed by atoms with Crippen molar-refractivity contribution in [2.75, 3.05) is 13.1 Å². The minimum atomic E-state index is -5.08. The third-order valence-electron chi connectivity index (χ3n) is 5.99. The lowest BCUT2D eigenvalue weighted by Gasteiger charge is -2.25. The van der Waals surface area contributed by atoms with Gasteiger partial charge in [-0.15, -0.1) is 10.2 Å². The minimum absolute atomic E-state index is 0.0709. The number of halogens is 4. The predicted molar refractivity (Wildman–Crippen MR) is 112 cm³/mol. The number of carbonyl (C=O) groups is 2. The van der Waals surface area contributed by atoms with Crippen LogP contribution in [0.15, 0.2) is 24.3 Å². The Balaban J connectivity index is 0.000000325. The van der Waals surface area contributed by atoms with Crippen LogP contribution in [0.5, 0.6) is 0 Å². The van der Waals surface area contributed by atoms with Gasteiger partial charge in [-0.2, -0.15) is 13.2 Å². The smallest absolute Gasteiger partial charge is 0.475 e. The number of likely N-dealkylation sites (tertiary alicyclic amines) is 1. The molecule has 2 fully saturated rings. The van der Waals surface area contributed by atoms with Gasteiger partial charge in [-0.3, -0.25) is 9.69 Å². The van der Waals surface area contributed by atoms with Gasteiger partial charge in [0.2, 0.25) is 5.82 Å². The number of carbonyl (C=O) groups excluding carboxylic acids is 1. The number of carboxylic acids is 1. The number of carboxylic acid groups (broad SMARTS) is 1. The number of nitrogens with zero attached hydrogens (tertiary/aromatic N) is 4. The summed E-state index contributed by atoms with van der Waals surface area (Å²) in [6.45, 7) is 3.86. The molecule has 1 aliphatic carbocycles. The van der Waals surface area contributed by atoms with E-state index in [4.69, 9.17) is 21.5 Å². The second-order valence-electron chi connectivity index (χ2n) is 8.65. The Labute approximate surface area is 192 Å². The molecule has 3 aliphatic rings. The molecule has 8 nitrogen and oxygen atoms in total. The van der Waals surface area contributed by atoms with Gasteiger partial charge >= 0.3 is 12.1 Å². The molecule has 1 aromatic heterocycles. The molecule has 3 heterocycles. The Morgan fingerprint density at radius 3 is 2.48 bits per heavy atom. The van der Waals surface area contributed by atoms with Crippen molar-refractivity contribution in [1.82, 2.24) is 25.0 Å². The lowest BCUT2D eigenvalue weighted by atomic mass is 9.89. The molecule has 12 heteroatoms. The second kappa shape index (κ2) is 9.30. The van der Waals surface area contributed by atoms with E-state index in [1.165, 1.54) is 5.56 Å². The largest absolute Gasteiger partial charge is 0.490 e. The summed E-state index contributed by atoms with van der Waals surface area (Å²) in [7, 11) is 0. The molecule has 2 aromatic rings. The quantitative estimate of drug-likeness (QED) is 0.690. The first-order valence-corrected chi connectivity index (χ1v) is 11.0. The molecule has 2 N–H and O–H groups in total. The second-order valence-corrected chi connectivity index (χ2v) is 9.09. The summed E-state index contributed by atoms with van der Waals surface area (Å²) in [6.07, 6.45) is -2.02. The van der Waals surface area contributed by atoms with Crippen molar-refractivity contribution in [3.05, 3.63) is 46.5 Å². The predicted octanol–water partition coefficient (Wildman–Crippen LogP) is 2.76. The highest BCUT2D eigenvalue weighted by atomic mass is 35.5. The summed E-state index contributed by atoms with van der Waals surface area (Å²) in [4.78, 5) is 23.8. The summed E-state index contributed by atoms with van der Waals surface area (Å²) >= 11 is 6.11. The van der Waals surface area contributed by atoms with Gasteiger partial charge in [0, 0.05) is 43.7 Å². The Kier molecular flexibility index (Phi) is 6.62. The van der Waals surface area contributed by atoms with Crippen LogP contribution in [0.1, 0.15) is 34.8 Å². The van der Waals surface area contributed by atoms with Gasteiger partial charge in [-0.25, -0.2) is 4.79 Å². The SMILES string of the molecule is O=C(NC1CC1)c1nnc2n1CC1CN(Cc3cccc(Cl)c3)CC1C2.O=C(O)C(F)(F)F. The van der Waals surface area contributed by atoms with Gasteiger partial charge in [0.25, 0.3) is 5.91 Å². The highest BCUT2D eigenvalue weighted by molar-refractivity contribution is 6.30. The van der Waals surface area contributed by atoms with Gasteiger partial charge < -0.3 is 15.0 Å². The topological polar surface area (TPSA) is 100 Å². The Morgan fingerprint density at radius 1 is 1.15 bits per heavy atom. The standard InChI is InChI=1S/C19H22ClN5O.C2HF3O2/c20-15-3-1-2-12(6-15)8-24-9-13-7-17-22-23-18(19(26)21-16-4-5-16)25(17)11-14(13)10-24;3-2(4,5)1(6)7/h1-3,6,13-14,16H,4-5,7-11H2,(H,21,26);(H,6,7). The number of fused-ring (bicyclic) bond motifs is 2. The van der Waals surface area contributed by atoms with Crippen molar-refractivity contribution in [2.45, 2.75) is 44.6 Å². The Hall–Kier alpha value is -2.66. The number of hydrogen-bond donors (Lipinski definition) is 2. The molecule has 2 unspecified atom stereocenters. The highest BCUT2D eigenvalue weighted by Gasteiger charge is 2.40. The summed E-state index contributed by atoms with van der Waals surface area (Å²) in [6, 6.07) is 8.43. The van der Waals surface area contributed by atoms with Gasteiger partial charge in [0.15, 0.2) is 0 Å². The molecular weight excluding hydrogens is 463 g/mol. The number of rotatable bonds is 4. The number of benzene rings is 1. The van der Waals surface area contributed by atoms with E-state index in [0.29, 0.717) is 23.7 Å². The fourth-order valence-electron chi connectivity index (χ4n) is 4.29. The molecular formula is C21H23ClF3N5O3. The average molecular weight is 486 g/mol. The molecule has 0 spiro atoms. The molecule has 1 amide bonds. The first kappa shape index (κ1) is 23.5. The minimum Gasteiger partial charge on any atom is -0.475 e. The normalized spacial score (nSPS) is 22.1. The zero-order valence-corrected chi connectivity index (χ0v) is 18.3. The van der Waals surface area contributed by atoms with E-state index in [9.17, 15) is 18.0 Å². The molecule has 178 valence electrons. The van der Waals surface area contributed by atoms with Gasteiger partial charge in [-0.05, 0) is 42.4 Å². The van der Waals surface area contributed by atoms with Crippen LogP contribution in [0.25, 0.3) is 0 Å². The summed E-state index contributed by atoms with van der Waals surface area (Å²) in [5.41, 5.74) is 1.25. The molecule has 33 heavy (non-hydrogen) atoms. The van der Waals surface area contributed by atoms with E-state index in [2.05, 4.69) is 26.5 Å². The number of aromatic nitrogens is 3. The van der Waals surface area contributed by atoms with Crippen molar-refractivity contribution >= 4 is 23.5 Å². The zero-order chi connectivity index (χ0) is 23.8. The number of hydrogen-bond acceptors (Lipinski definition) is 5. The van der Waals surface area contributed by atoms with Crippen LogP contribution in [-0.2, 0) is 24.3 Å². The molecule has 1 saturated heterocycles. The van der Waals surface area contributed by atoms with E-state index in [-0.39, 0.29) is 5.91 Å². The molecule has 2 aliphatic heterocycles. The summed E-state index contributed by atoms with van der Waals surface area (Å²) in [5.74, 6) is -0.253. The number of alkyl halides is 3. The molecule has 1 aromatic carbocycles. The van der Waals surface area contributed by atoms with Gasteiger partial charge in [0.05, 0.1) is 0 Å². The average Bonchev–Trinajstić information content (AvgIpc) is 3.31. The maximum Gasteiger partial charge on any atom is 0.490 e. The van der Waals surface area contributed by atoms with Crippen LogP contribution in [-0.4, -0.2) is 62.0 Å². The van der Waals surface area contributed by atoms with Crippen molar-refractivity contribution in [3.63, 3.8) is 0 Å². The highest BCUT2D eigenvalue weighted by Crippen LogP contribution is 2.33. The monoisotopic (exact) mass is 485 g/mol. The third-order valence-corrected chi connectivity index (χ3v) is 6.23. The fourth-order valence-corrected chi connectivity index (χ4v) is 4.50. The number of nitrogens with one attached hydrogen (secondary N) is 1. The van der Waals surface area contributed by atoms with Crippen LogP contribution in [0.4, 0.5) is 13.2 Å². The Bertz CT molecular complexity index is 1040. The molecule has 5 rings (SSSR count). The van der Waals surface area contributed by atoms with E-state index >= 15 is 0 Å². The van der Waals surface area contributed by atoms with Crippen LogP contribution in [0.2, 0.25) is 5.02 Å². The number of aliphatic carboxylic acids is 1. The van der Waals surface area contributed by atoms with E-state index in [1.54, 1.807) is 0 Å². The number of amides is 1. The van der Waals surface area contributed by atoms with Gasteiger partial charge in [-0.1, -0.05) is 23.7 Å². The lowest BCUT2D eigenvalue weighted by Crippen LogP contribution is -2.33. The van der Waals surface area contributed by atoms with Gasteiger partial charge in [0.1, 0.15) is 5.82 Å². The molecule has 0 bridgehead atoms. The van der Waals surface area contributed by atoms with E-state index < -0.39 is 12.1 Å².